The quantitative estimate of drug-likeness (QED) is 0.574. The highest BCUT2D eigenvalue weighted by atomic mass is 16.3. The van der Waals surface area contributed by atoms with Crippen LogP contribution in [0.3, 0.4) is 0 Å². The molecule has 1 aromatic carbocycles. The van der Waals surface area contributed by atoms with E-state index in [2.05, 4.69) is 15.6 Å². The normalized spacial score (nSPS) is 12.2. The maximum absolute atomic E-state index is 12.9. The number of hydrogen-bond donors (Lipinski definition) is 4. The average Bonchev–Trinajstić information content (AvgIpc) is 2.67. The Bertz CT molecular complexity index is 980. The molecular weight excluding hydrogens is 384 g/mol. The molecule has 5 N–H and O–H groups in total. The predicted molar refractivity (Wildman–Crippen MR) is 114 cm³/mol. The number of rotatable bonds is 6. The number of aromatic nitrogens is 1. The predicted octanol–water partition coefficient (Wildman–Crippen LogP) is 1.78. The van der Waals surface area contributed by atoms with Crippen LogP contribution in [0.4, 0.5) is 0 Å². The van der Waals surface area contributed by atoms with E-state index in [-0.39, 0.29) is 23.3 Å². The van der Waals surface area contributed by atoms with Gasteiger partial charge in [0.05, 0.1) is 6.42 Å². The summed E-state index contributed by atoms with van der Waals surface area (Å²) in [6, 6.07) is 7.46. The van der Waals surface area contributed by atoms with E-state index in [0.29, 0.717) is 16.8 Å². The van der Waals surface area contributed by atoms with Crippen LogP contribution in [0.2, 0.25) is 0 Å². The Morgan fingerprint density at radius 3 is 2.40 bits per heavy atom. The van der Waals surface area contributed by atoms with Crippen molar-refractivity contribution < 1.29 is 19.5 Å². The average molecular weight is 412 g/mol. The van der Waals surface area contributed by atoms with Crippen LogP contribution in [0.15, 0.2) is 30.3 Å². The van der Waals surface area contributed by atoms with Crippen LogP contribution in [0, 0.1) is 6.92 Å². The van der Waals surface area contributed by atoms with Gasteiger partial charge in [-0.05, 0) is 36.8 Å². The van der Waals surface area contributed by atoms with Gasteiger partial charge in [0.1, 0.15) is 17.5 Å². The van der Waals surface area contributed by atoms with E-state index in [9.17, 15) is 19.5 Å². The summed E-state index contributed by atoms with van der Waals surface area (Å²) in [4.78, 5) is 40.7. The largest absolute Gasteiger partial charge is 0.507 e. The molecule has 0 saturated carbocycles. The van der Waals surface area contributed by atoms with E-state index in [4.69, 9.17) is 5.73 Å². The number of carbonyl (C=O) groups excluding carboxylic acids is 3. The van der Waals surface area contributed by atoms with E-state index in [0.717, 1.165) is 5.56 Å². The highest BCUT2D eigenvalue weighted by Gasteiger charge is 2.25. The molecule has 0 unspecified atom stereocenters. The monoisotopic (exact) mass is 412 g/mol. The lowest BCUT2D eigenvalue weighted by molar-refractivity contribution is -0.126. The fourth-order valence-electron chi connectivity index (χ4n) is 2.88. The zero-order valence-electron chi connectivity index (χ0n) is 17.9. The lowest BCUT2D eigenvalue weighted by atomic mass is 9.89. The van der Waals surface area contributed by atoms with Crippen LogP contribution in [0.1, 0.15) is 48.9 Å². The molecule has 30 heavy (non-hydrogen) atoms. The standard InChI is InChI=1S/C22H28N4O4/c1-12-6-7-17(27)14(8-12)13-9-15(25-18(10-13)22(2,3)4)21(30)26-16(11-19(23)28)20(29)24-5/h6-10,16,27H,11H2,1-5H3,(H2,23,28)(H,24,29)(H,26,30)/t16-/m0/s1. The van der Waals surface area contributed by atoms with E-state index < -0.39 is 23.8 Å². The molecule has 0 aliphatic rings. The van der Waals surface area contributed by atoms with Crippen molar-refractivity contribution >= 4 is 17.7 Å². The van der Waals surface area contributed by atoms with Crippen LogP contribution in [0.25, 0.3) is 11.1 Å². The second kappa shape index (κ2) is 8.94. The van der Waals surface area contributed by atoms with Gasteiger partial charge < -0.3 is 21.5 Å². The minimum atomic E-state index is -1.11. The second-order valence-corrected chi connectivity index (χ2v) is 8.21. The molecule has 1 aromatic heterocycles. The molecule has 3 amide bonds. The number of primary amides is 1. The van der Waals surface area contributed by atoms with Gasteiger partial charge in [0.25, 0.3) is 5.91 Å². The first-order chi connectivity index (χ1) is 13.9. The number of nitrogens with two attached hydrogens (primary N) is 1. The SMILES string of the molecule is CNC(=O)[C@H](CC(N)=O)NC(=O)c1cc(-c2cc(C)ccc2O)cc(C(C)(C)C)n1. The number of likely N-dealkylation sites (N-methyl/N-ethyl adjacent to an activating group) is 1. The van der Waals surface area contributed by atoms with Gasteiger partial charge in [-0.2, -0.15) is 0 Å². The minimum absolute atomic E-state index is 0.0664. The Labute approximate surface area is 175 Å². The molecule has 0 fully saturated rings. The Kier molecular flexibility index (Phi) is 6.81. The molecule has 0 saturated heterocycles. The number of benzene rings is 1. The smallest absolute Gasteiger partial charge is 0.270 e. The third-order valence-electron chi connectivity index (χ3n) is 4.56. The maximum Gasteiger partial charge on any atom is 0.270 e. The van der Waals surface area contributed by atoms with E-state index >= 15 is 0 Å². The van der Waals surface area contributed by atoms with Gasteiger partial charge in [-0.1, -0.05) is 32.4 Å². The summed E-state index contributed by atoms with van der Waals surface area (Å²) in [5, 5.41) is 15.3. The Hall–Kier alpha value is -3.42. The summed E-state index contributed by atoms with van der Waals surface area (Å²) >= 11 is 0. The van der Waals surface area contributed by atoms with Crippen LogP contribution in [-0.2, 0) is 15.0 Å². The number of phenols is 1. The van der Waals surface area contributed by atoms with Gasteiger partial charge in [0, 0.05) is 23.7 Å². The minimum Gasteiger partial charge on any atom is -0.507 e. The molecule has 160 valence electrons. The zero-order valence-corrected chi connectivity index (χ0v) is 17.9. The molecular formula is C22H28N4O4. The molecule has 1 atom stereocenters. The van der Waals surface area contributed by atoms with Crippen molar-refractivity contribution in [3.8, 4) is 16.9 Å². The number of hydrogen-bond acceptors (Lipinski definition) is 5. The summed E-state index contributed by atoms with van der Waals surface area (Å²) in [5.41, 5.74) is 7.66. The molecule has 0 aliphatic carbocycles. The van der Waals surface area contributed by atoms with Gasteiger partial charge in [0.2, 0.25) is 11.8 Å². The number of amides is 3. The Morgan fingerprint density at radius 2 is 1.83 bits per heavy atom. The van der Waals surface area contributed by atoms with Gasteiger partial charge in [0.15, 0.2) is 0 Å². The Balaban J connectivity index is 2.53. The second-order valence-electron chi connectivity index (χ2n) is 8.21. The molecule has 8 heteroatoms. The molecule has 1 heterocycles. The van der Waals surface area contributed by atoms with E-state index in [1.54, 1.807) is 18.2 Å². The summed E-state index contributed by atoms with van der Waals surface area (Å²) in [5.74, 6) is -1.80. The van der Waals surface area contributed by atoms with Crippen molar-refractivity contribution in [2.75, 3.05) is 7.05 Å². The van der Waals surface area contributed by atoms with Crippen molar-refractivity contribution in [1.29, 1.82) is 0 Å². The number of nitrogens with one attached hydrogen (secondary N) is 2. The number of aromatic hydroxyl groups is 1. The van der Waals surface area contributed by atoms with Gasteiger partial charge in [-0.15, -0.1) is 0 Å². The maximum atomic E-state index is 12.9. The number of carbonyl (C=O) groups is 3. The molecule has 8 nitrogen and oxygen atoms in total. The van der Waals surface area contributed by atoms with Crippen LogP contribution in [-0.4, -0.2) is 40.9 Å². The van der Waals surface area contributed by atoms with Gasteiger partial charge in [-0.3, -0.25) is 14.4 Å². The fourth-order valence-corrected chi connectivity index (χ4v) is 2.88. The van der Waals surface area contributed by atoms with Gasteiger partial charge in [-0.25, -0.2) is 4.98 Å². The molecule has 0 bridgehead atoms. The molecule has 2 aromatic rings. The van der Waals surface area contributed by atoms with Crippen molar-refractivity contribution in [2.45, 2.75) is 45.6 Å². The van der Waals surface area contributed by atoms with Crippen LogP contribution in [0.5, 0.6) is 5.75 Å². The van der Waals surface area contributed by atoms with Gasteiger partial charge >= 0.3 is 0 Å². The lowest BCUT2D eigenvalue weighted by Gasteiger charge is -2.21. The van der Waals surface area contributed by atoms with Crippen LogP contribution < -0.4 is 16.4 Å². The molecule has 0 radical (unpaired) electrons. The fraction of sp³-hybridized carbons (Fsp3) is 0.364. The third kappa shape index (κ3) is 5.56. The number of phenolic OH excluding ortho intramolecular Hbond substituents is 1. The first kappa shape index (κ1) is 22.9. The van der Waals surface area contributed by atoms with E-state index in [1.807, 2.05) is 39.8 Å². The summed E-state index contributed by atoms with van der Waals surface area (Å²) < 4.78 is 0. The van der Waals surface area contributed by atoms with Crippen molar-refractivity contribution in [3.63, 3.8) is 0 Å². The molecule has 0 spiro atoms. The topological polar surface area (TPSA) is 134 Å². The Morgan fingerprint density at radius 1 is 1.17 bits per heavy atom. The number of aryl methyl sites for hydroxylation is 1. The molecule has 0 aliphatic heterocycles. The lowest BCUT2D eigenvalue weighted by Crippen LogP contribution is -2.47. The third-order valence-corrected chi connectivity index (χ3v) is 4.56. The summed E-state index contributed by atoms with van der Waals surface area (Å²) in [6.07, 6.45) is -0.337. The van der Waals surface area contributed by atoms with Crippen molar-refractivity contribution in [2.24, 2.45) is 5.73 Å². The van der Waals surface area contributed by atoms with Crippen molar-refractivity contribution in [3.05, 3.63) is 47.3 Å². The summed E-state index contributed by atoms with van der Waals surface area (Å²) in [7, 11) is 1.40. The van der Waals surface area contributed by atoms with Crippen LogP contribution >= 0.6 is 0 Å². The highest BCUT2D eigenvalue weighted by molar-refractivity contribution is 5.98. The number of nitrogens with zero attached hydrogens (tertiary/aromatic N) is 1. The van der Waals surface area contributed by atoms with E-state index in [1.165, 1.54) is 7.05 Å². The number of pyridine rings is 1. The zero-order chi connectivity index (χ0) is 22.6. The van der Waals surface area contributed by atoms with Crippen molar-refractivity contribution in [1.82, 2.24) is 15.6 Å². The molecule has 2 rings (SSSR count). The summed E-state index contributed by atoms with van der Waals surface area (Å²) in [6.45, 7) is 7.77. The first-order valence-electron chi connectivity index (χ1n) is 9.55. The first-order valence-corrected chi connectivity index (χ1v) is 9.55. The highest BCUT2D eigenvalue weighted by Crippen LogP contribution is 2.33.